The summed E-state index contributed by atoms with van der Waals surface area (Å²) < 4.78 is 27.7. The van der Waals surface area contributed by atoms with Gasteiger partial charge in [0.05, 0.1) is 4.90 Å². The van der Waals surface area contributed by atoms with Crippen LogP contribution in [0.15, 0.2) is 29.2 Å². The van der Waals surface area contributed by atoms with E-state index in [0.717, 1.165) is 11.3 Å². The van der Waals surface area contributed by atoms with Crippen LogP contribution in [0.5, 0.6) is 0 Å². The lowest BCUT2D eigenvalue weighted by Gasteiger charge is -2.14. The van der Waals surface area contributed by atoms with Crippen LogP contribution in [0.25, 0.3) is 0 Å². The molecule has 0 saturated carbocycles. The van der Waals surface area contributed by atoms with Gasteiger partial charge in [0.25, 0.3) is 10.0 Å². The van der Waals surface area contributed by atoms with Gasteiger partial charge in [-0.25, -0.2) is 13.4 Å². The zero-order valence-corrected chi connectivity index (χ0v) is 13.4. The van der Waals surface area contributed by atoms with Crippen LogP contribution in [0.2, 0.25) is 0 Å². The smallest absolute Gasteiger partial charge is 0.263 e. The maximum absolute atomic E-state index is 12.6. The Morgan fingerprint density at radius 2 is 1.57 bits per heavy atom. The molecule has 5 nitrogen and oxygen atoms in total. The average molecular weight is 305 g/mol. The number of aromatic nitrogens is 1. The molecule has 21 heavy (non-hydrogen) atoms. The van der Waals surface area contributed by atoms with Gasteiger partial charge in [-0.15, -0.1) is 0 Å². The average Bonchev–Trinajstić information content (AvgIpc) is 2.23. The SMILES string of the molecule is Cc1cc(C)nc(NS(=O)(=O)c2c(C)cc(N)cc2C)c1. The van der Waals surface area contributed by atoms with E-state index in [4.69, 9.17) is 5.73 Å². The summed E-state index contributed by atoms with van der Waals surface area (Å²) in [6, 6.07) is 6.89. The van der Waals surface area contributed by atoms with E-state index in [9.17, 15) is 8.42 Å². The number of anilines is 2. The van der Waals surface area contributed by atoms with Crippen LogP contribution < -0.4 is 10.5 Å². The van der Waals surface area contributed by atoms with Gasteiger partial charge in [0.1, 0.15) is 5.82 Å². The van der Waals surface area contributed by atoms with E-state index in [0.29, 0.717) is 22.6 Å². The Labute approximate surface area is 125 Å². The minimum Gasteiger partial charge on any atom is -0.399 e. The molecular formula is C15H19N3O2S. The number of pyridine rings is 1. The molecular weight excluding hydrogens is 286 g/mol. The molecule has 1 aromatic carbocycles. The lowest BCUT2D eigenvalue weighted by molar-refractivity contribution is 0.600. The van der Waals surface area contributed by atoms with Crippen molar-refractivity contribution in [2.24, 2.45) is 0 Å². The van der Waals surface area contributed by atoms with Gasteiger partial charge in [0.15, 0.2) is 0 Å². The summed E-state index contributed by atoms with van der Waals surface area (Å²) in [5.41, 5.74) is 9.23. The van der Waals surface area contributed by atoms with Gasteiger partial charge < -0.3 is 5.73 Å². The highest BCUT2D eigenvalue weighted by molar-refractivity contribution is 7.92. The number of nitrogens with two attached hydrogens (primary N) is 1. The van der Waals surface area contributed by atoms with Crippen molar-refractivity contribution < 1.29 is 8.42 Å². The monoisotopic (exact) mass is 305 g/mol. The molecule has 0 aliphatic carbocycles. The van der Waals surface area contributed by atoms with Crippen molar-refractivity contribution in [2.45, 2.75) is 32.6 Å². The third-order valence-electron chi connectivity index (χ3n) is 3.09. The summed E-state index contributed by atoms with van der Waals surface area (Å²) in [4.78, 5) is 4.45. The molecule has 0 amide bonds. The van der Waals surface area contributed by atoms with E-state index in [1.54, 1.807) is 32.0 Å². The van der Waals surface area contributed by atoms with Crippen molar-refractivity contribution in [3.63, 3.8) is 0 Å². The van der Waals surface area contributed by atoms with Gasteiger partial charge in [-0.1, -0.05) is 0 Å². The molecule has 6 heteroatoms. The number of rotatable bonds is 3. The molecule has 1 heterocycles. The number of nitrogen functional groups attached to an aromatic ring is 1. The Morgan fingerprint density at radius 1 is 1.00 bits per heavy atom. The highest BCUT2D eigenvalue weighted by Crippen LogP contribution is 2.25. The third kappa shape index (κ3) is 3.33. The van der Waals surface area contributed by atoms with Gasteiger partial charge in [0.2, 0.25) is 0 Å². The Bertz CT molecular complexity index is 755. The molecule has 3 N–H and O–H groups in total. The van der Waals surface area contributed by atoms with Crippen LogP contribution in [0.1, 0.15) is 22.4 Å². The summed E-state index contributed by atoms with van der Waals surface area (Å²) >= 11 is 0. The van der Waals surface area contributed by atoms with Gasteiger partial charge in [-0.2, -0.15) is 0 Å². The minimum atomic E-state index is -3.69. The second-order valence-corrected chi connectivity index (χ2v) is 6.88. The Kier molecular flexibility index (Phi) is 3.91. The first-order valence-corrected chi connectivity index (χ1v) is 8.02. The molecule has 0 aliphatic rings. The van der Waals surface area contributed by atoms with Crippen molar-refractivity contribution in [1.29, 1.82) is 0 Å². The van der Waals surface area contributed by atoms with Gasteiger partial charge >= 0.3 is 0 Å². The number of nitrogens with zero attached hydrogens (tertiary/aromatic N) is 1. The quantitative estimate of drug-likeness (QED) is 0.854. The summed E-state index contributed by atoms with van der Waals surface area (Å²) in [6.45, 7) is 7.18. The van der Waals surface area contributed by atoms with Crippen LogP contribution in [0.3, 0.4) is 0 Å². The summed E-state index contributed by atoms with van der Waals surface area (Å²) in [5, 5.41) is 0. The first kappa shape index (κ1) is 15.3. The van der Waals surface area contributed by atoms with Crippen molar-refractivity contribution >= 4 is 21.5 Å². The fraction of sp³-hybridized carbons (Fsp3) is 0.267. The summed E-state index contributed by atoms with van der Waals surface area (Å²) in [5.74, 6) is 0.322. The molecule has 0 spiro atoms. The topological polar surface area (TPSA) is 85.1 Å². The molecule has 2 aromatic rings. The number of benzene rings is 1. The maximum atomic E-state index is 12.6. The lowest BCUT2D eigenvalue weighted by atomic mass is 10.1. The summed E-state index contributed by atoms with van der Waals surface area (Å²) in [6.07, 6.45) is 0. The summed E-state index contributed by atoms with van der Waals surface area (Å²) in [7, 11) is -3.69. The van der Waals surface area contributed by atoms with Gasteiger partial charge in [-0.3, -0.25) is 4.72 Å². The maximum Gasteiger partial charge on any atom is 0.263 e. The number of sulfonamides is 1. The van der Waals surface area contributed by atoms with E-state index < -0.39 is 10.0 Å². The van der Waals surface area contributed by atoms with E-state index in [1.807, 2.05) is 19.9 Å². The zero-order chi connectivity index (χ0) is 15.8. The van der Waals surface area contributed by atoms with E-state index in [1.165, 1.54) is 0 Å². The van der Waals surface area contributed by atoms with Gasteiger partial charge in [0, 0.05) is 11.4 Å². The first-order chi connectivity index (χ1) is 9.69. The number of nitrogens with one attached hydrogen (secondary N) is 1. The Balaban J connectivity index is 2.48. The molecule has 1 aromatic heterocycles. The zero-order valence-electron chi connectivity index (χ0n) is 12.6. The molecule has 0 aliphatic heterocycles. The second kappa shape index (κ2) is 5.37. The molecule has 0 unspecified atom stereocenters. The fourth-order valence-corrected chi connectivity index (χ4v) is 3.94. The molecule has 0 bridgehead atoms. The van der Waals surface area contributed by atoms with E-state index >= 15 is 0 Å². The van der Waals surface area contributed by atoms with E-state index in [2.05, 4.69) is 9.71 Å². The Hall–Kier alpha value is -2.08. The lowest BCUT2D eigenvalue weighted by Crippen LogP contribution is -2.17. The van der Waals surface area contributed by atoms with Crippen LogP contribution in [-0.4, -0.2) is 13.4 Å². The predicted octanol–water partition coefficient (Wildman–Crippen LogP) is 2.70. The normalized spacial score (nSPS) is 11.4. The second-order valence-electron chi connectivity index (χ2n) is 5.26. The van der Waals surface area contributed by atoms with Crippen molar-refractivity contribution in [2.75, 3.05) is 10.5 Å². The van der Waals surface area contributed by atoms with Crippen LogP contribution in [0.4, 0.5) is 11.5 Å². The molecule has 0 atom stereocenters. The number of aryl methyl sites for hydroxylation is 4. The standard InChI is InChI=1S/C15H19N3O2S/c1-9-5-12(4)17-14(6-9)18-21(19,20)15-10(2)7-13(16)8-11(15)3/h5-8H,16H2,1-4H3,(H,17,18). The third-order valence-corrected chi connectivity index (χ3v) is 4.75. The van der Waals surface area contributed by atoms with Crippen LogP contribution >= 0.6 is 0 Å². The number of hydrogen-bond acceptors (Lipinski definition) is 4. The predicted molar refractivity (Wildman–Crippen MR) is 84.8 cm³/mol. The van der Waals surface area contributed by atoms with Crippen molar-refractivity contribution in [1.82, 2.24) is 4.98 Å². The van der Waals surface area contributed by atoms with Gasteiger partial charge in [-0.05, 0) is 68.7 Å². The Morgan fingerprint density at radius 3 is 2.10 bits per heavy atom. The van der Waals surface area contributed by atoms with Crippen LogP contribution in [-0.2, 0) is 10.0 Å². The van der Waals surface area contributed by atoms with Crippen molar-refractivity contribution in [3.8, 4) is 0 Å². The molecule has 2 rings (SSSR count). The highest BCUT2D eigenvalue weighted by atomic mass is 32.2. The molecule has 112 valence electrons. The molecule has 0 saturated heterocycles. The number of hydrogen-bond donors (Lipinski definition) is 2. The molecule has 0 fully saturated rings. The van der Waals surface area contributed by atoms with Crippen LogP contribution in [0, 0.1) is 27.7 Å². The largest absolute Gasteiger partial charge is 0.399 e. The van der Waals surface area contributed by atoms with Crippen molar-refractivity contribution in [3.05, 3.63) is 46.6 Å². The highest BCUT2D eigenvalue weighted by Gasteiger charge is 2.20. The fourth-order valence-electron chi connectivity index (χ4n) is 2.49. The van der Waals surface area contributed by atoms with E-state index in [-0.39, 0.29) is 4.90 Å². The first-order valence-electron chi connectivity index (χ1n) is 6.54. The molecule has 0 radical (unpaired) electrons. The minimum absolute atomic E-state index is 0.248.